The molecule has 1 aromatic heterocycles. The second-order valence-corrected chi connectivity index (χ2v) is 7.69. The highest BCUT2D eigenvalue weighted by Crippen LogP contribution is 2.26. The summed E-state index contributed by atoms with van der Waals surface area (Å²) in [6.45, 7) is 4.14. The van der Waals surface area contributed by atoms with Crippen LogP contribution < -0.4 is 5.43 Å². The van der Waals surface area contributed by atoms with Gasteiger partial charge in [0.05, 0.1) is 17.5 Å². The van der Waals surface area contributed by atoms with Crippen LogP contribution in [-0.4, -0.2) is 16.7 Å². The summed E-state index contributed by atoms with van der Waals surface area (Å²) in [6.07, 6.45) is 1.69. The predicted molar refractivity (Wildman–Crippen MR) is 122 cm³/mol. The number of nitrogens with zero attached hydrogens (tertiary/aromatic N) is 2. The van der Waals surface area contributed by atoms with Crippen LogP contribution >= 0.6 is 15.9 Å². The number of hydrogen-bond donors (Lipinski definition) is 1. The van der Waals surface area contributed by atoms with Gasteiger partial charge in [-0.25, -0.2) is 5.43 Å². The summed E-state index contributed by atoms with van der Waals surface area (Å²) in [7, 11) is 0. The summed E-state index contributed by atoms with van der Waals surface area (Å²) in [5, 5.41) is 6.57. The number of amides is 1. The van der Waals surface area contributed by atoms with Crippen LogP contribution in [0.3, 0.4) is 0 Å². The molecule has 1 N–H and O–H groups in total. The van der Waals surface area contributed by atoms with Crippen molar-refractivity contribution in [3.8, 4) is 5.69 Å². The summed E-state index contributed by atoms with van der Waals surface area (Å²) in [4.78, 5) is 12.3. The van der Waals surface area contributed by atoms with Crippen molar-refractivity contribution in [2.45, 2.75) is 13.8 Å². The van der Waals surface area contributed by atoms with E-state index in [4.69, 9.17) is 0 Å². The van der Waals surface area contributed by atoms with Crippen LogP contribution in [0.2, 0.25) is 0 Å². The van der Waals surface area contributed by atoms with E-state index in [-0.39, 0.29) is 5.91 Å². The predicted octanol–water partition coefficient (Wildman–Crippen LogP) is 5.77. The molecule has 1 heterocycles. The van der Waals surface area contributed by atoms with Gasteiger partial charge in [-0.05, 0) is 59.4 Å². The number of aromatic nitrogens is 1. The Hall–Kier alpha value is -3.18. The Bertz CT molecular complexity index is 1230. The summed E-state index contributed by atoms with van der Waals surface area (Å²) in [5.74, 6) is -0.253. The average Bonchev–Trinajstić information content (AvgIpc) is 3.01. The van der Waals surface area contributed by atoms with Crippen LogP contribution in [0.1, 0.15) is 27.3 Å². The molecule has 4 aromatic rings. The third kappa shape index (κ3) is 3.74. The first-order valence-electron chi connectivity index (χ1n) is 9.31. The lowest BCUT2D eigenvalue weighted by molar-refractivity contribution is 0.0954. The lowest BCUT2D eigenvalue weighted by Crippen LogP contribution is -2.18. The van der Waals surface area contributed by atoms with Crippen molar-refractivity contribution < 1.29 is 4.79 Å². The Morgan fingerprint density at radius 3 is 2.55 bits per heavy atom. The van der Waals surface area contributed by atoms with E-state index < -0.39 is 0 Å². The highest BCUT2D eigenvalue weighted by atomic mass is 79.9. The molecule has 4 nitrogen and oxygen atoms in total. The summed E-state index contributed by atoms with van der Waals surface area (Å²) in [6, 6.07) is 24.0. The standard InChI is InChI=1S/C24H20BrN3O/c1-16-14-19(15-26-27-24(29)21-11-5-6-12-22(21)25)17(2)28(16)23-13-7-9-18-8-3-4-10-20(18)23/h3-15H,1-2H3,(H,27,29)/b26-15-. The highest BCUT2D eigenvalue weighted by molar-refractivity contribution is 9.10. The minimum absolute atomic E-state index is 0.253. The van der Waals surface area contributed by atoms with Gasteiger partial charge >= 0.3 is 0 Å². The Morgan fingerprint density at radius 2 is 1.72 bits per heavy atom. The Balaban J connectivity index is 1.63. The third-order valence-electron chi connectivity index (χ3n) is 4.97. The third-order valence-corrected chi connectivity index (χ3v) is 5.66. The molecule has 5 heteroatoms. The van der Waals surface area contributed by atoms with Crippen LogP contribution in [-0.2, 0) is 0 Å². The molecule has 0 aliphatic heterocycles. The van der Waals surface area contributed by atoms with E-state index >= 15 is 0 Å². The molecule has 0 spiro atoms. The Kier molecular flexibility index (Phi) is 5.32. The number of carbonyl (C=O) groups is 1. The van der Waals surface area contributed by atoms with Crippen LogP contribution in [0.15, 0.2) is 82.4 Å². The number of rotatable bonds is 4. The molecule has 4 rings (SSSR count). The first kappa shape index (κ1) is 19.2. The molecular weight excluding hydrogens is 426 g/mol. The quantitative estimate of drug-likeness (QED) is 0.314. The van der Waals surface area contributed by atoms with Crippen molar-refractivity contribution in [2.24, 2.45) is 5.10 Å². The van der Waals surface area contributed by atoms with E-state index in [1.165, 1.54) is 10.8 Å². The topological polar surface area (TPSA) is 46.4 Å². The van der Waals surface area contributed by atoms with Crippen LogP contribution in [0.4, 0.5) is 0 Å². The number of carbonyl (C=O) groups excluding carboxylic acids is 1. The maximum Gasteiger partial charge on any atom is 0.272 e. The van der Waals surface area contributed by atoms with Crippen LogP contribution in [0.5, 0.6) is 0 Å². The molecular formula is C24H20BrN3O. The lowest BCUT2D eigenvalue weighted by atomic mass is 10.1. The van der Waals surface area contributed by atoms with Gasteiger partial charge in [0.2, 0.25) is 0 Å². The highest BCUT2D eigenvalue weighted by Gasteiger charge is 2.12. The Labute approximate surface area is 178 Å². The summed E-state index contributed by atoms with van der Waals surface area (Å²) >= 11 is 3.39. The molecule has 0 aliphatic carbocycles. The van der Waals surface area contributed by atoms with Gasteiger partial charge in [-0.15, -0.1) is 0 Å². The van der Waals surface area contributed by atoms with Crippen molar-refractivity contribution in [3.05, 3.63) is 99.8 Å². The number of fused-ring (bicyclic) bond motifs is 1. The van der Waals surface area contributed by atoms with Gasteiger partial charge in [0.15, 0.2) is 0 Å². The first-order chi connectivity index (χ1) is 14.1. The molecule has 0 bridgehead atoms. The minimum Gasteiger partial charge on any atom is -0.317 e. The van der Waals surface area contributed by atoms with E-state index in [1.807, 2.05) is 24.3 Å². The molecule has 0 aliphatic rings. The molecule has 0 fully saturated rings. The largest absolute Gasteiger partial charge is 0.317 e. The number of aryl methyl sites for hydroxylation is 1. The Morgan fingerprint density at radius 1 is 1.00 bits per heavy atom. The fourth-order valence-corrected chi connectivity index (χ4v) is 4.02. The molecule has 29 heavy (non-hydrogen) atoms. The van der Waals surface area contributed by atoms with Gasteiger partial charge in [0.1, 0.15) is 0 Å². The minimum atomic E-state index is -0.253. The zero-order valence-electron chi connectivity index (χ0n) is 16.2. The van der Waals surface area contributed by atoms with Crippen molar-refractivity contribution in [1.82, 2.24) is 9.99 Å². The van der Waals surface area contributed by atoms with Gasteiger partial charge < -0.3 is 4.57 Å². The number of hydrazone groups is 1. The average molecular weight is 446 g/mol. The number of benzene rings is 3. The normalized spacial score (nSPS) is 11.3. The van der Waals surface area contributed by atoms with Crippen molar-refractivity contribution in [3.63, 3.8) is 0 Å². The van der Waals surface area contributed by atoms with Crippen LogP contribution in [0, 0.1) is 13.8 Å². The summed E-state index contributed by atoms with van der Waals surface area (Å²) in [5.41, 5.74) is 7.42. The van der Waals surface area contributed by atoms with Gasteiger partial charge in [-0.1, -0.05) is 48.5 Å². The maximum atomic E-state index is 12.3. The van der Waals surface area contributed by atoms with E-state index in [2.05, 4.69) is 87.3 Å². The number of halogens is 1. The molecule has 1 amide bonds. The van der Waals surface area contributed by atoms with E-state index in [9.17, 15) is 4.79 Å². The van der Waals surface area contributed by atoms with Gasteiger partial charge in [0.25, 0.3) is 5.91 Å². The van der Waals surface area contributed by atoms with Gasteiger partial charge in [0, 0.05) is 26.8 Å². The first-order valence-corrected chi connectivity index (χ1v) is 10.1. The van der Waals surface area contributed by atoms with Gasteiger partial charge in [-0.3, -0.25) is 4.79 Å². The monoisotopic (exact) mass is 445 g/mol. The zero-order chi connectivity index (χ0) is 20.4. The maximum absolute atomic E-state index is 12.3. The molecule has 144 valence electrons. The fraction of sp³-hybridized carbons (Fsp3) is 0.0833. The molecule has 0 saturated heterocycles. The molecule has 0 radical (unpaired) electrons. The second-order valence-electron chi connectivity index (χ2n) is 6.84. The van der Waals surface area contributed by atoms with E-state index in [0.717, 1.165) is 27.1 Å². The van der Waals surface area contributed by atoms with Gasteiger partial charge in [-0.2, -0.15) is 5.10 Å². The van der Waals surface area contributed by atoms with E-state index in [0.29, 0.717) is 5.56 Å². The van der Waals surface area contributed by atoms with E-state index in [1.54, 1.807) is 12.3 Å². The molecule has 0 saturated carbocycles. The van der Waals surface area contributed by atoms with Crippen molar-refractivity contribution in [2.75, 3.05) is 0 Å². The molecule has 0 atom stereocenters. The number of nitrogens with one attached hydrogen (secondary N) is 1. The SMILES string of the molecule is Cc1cc(/C=N\NC(=O)c2ccccc2Br)c(C)n1-c1cccc2ccccc12. The fourth-order valence-electron chi connectivity index (χ4n) is 3.56. The molecule has 0 unspecified atom stereocenters. The van der Waals surface area contributed by atoms with Crippen molar-refractivity contribution >= 4 is 38.8 Å². The smallest absolute Gasteiger partial charge is 0.272 e. The lowest BCUT2D eigenvalue weighted by Gasteiger charge is -2.13. The van der Waals surface area contributed by atoms with Crippen LogP contribution in [0.25, 0.3) is 16.5 Å². The zero-order valence-corrected chi connectivity index (χ0v) is 17.8. The molecule has 3 aromatic carbocycles. The summed E-state index contributed by atoms with van der Waals surface area (Å²) < 4.78 is 2.96. The number of hydrogen-bond acceptors (Lipinski definition) is 2. The van der Waals surface area contributed by atoms with Crippen molar-refractivity contribution in [1.29, 1.82) is 0 Å². The second kappa shape index (κ2) is 8.05.